The van der Waals surface area contributed by atoms with Gasteiger partial charge >= 0.3 is 0 Å². The Labute approximate surface area is 143 Å². The molecule has 1 heterocycles. The molecule has 130 valence electrons. The van der Waals surface area contributed by atoms with Crippen molar-refractivity contribution in [3.63, 3.8) is 0 Å². The molecule has 0 N–H and O–H groups in total. The largest absolute Gasteiger partial charge is 0.481 e. The third-order valence-corrected chi connectivity index (χ3v) is 4.16. The molecule has 0 bridgehead atoms. The second-order valence-corrected chi connectivity index (χ2v) is 6.96. The van der Waals surface area contributed by atoms with Gasteiger partial charge in [-0.2, -0.15) is 0 Å². The average molecular weight is 331 g/mol. The van der Waals surface area contributed by atoms with E-state index in [1.165, 1.54) is 18.9 Å². The summed E-state index contributed by atoms with van der Waals surface area (Å²) >= 11 is 0. The van der Waals surface area contributed by atoms with Crippen LogP contribution in [0.25, 0.3) is 11.1 Å². The molecule has 0 aliphatic carbocycles. The van der Waals surface area contributed by atoms with Crippen LogP contribution in [0.2, 0.25) is 0 Å². The van der Waals surface area contributed by atoms with Crippen LogP contribution >= 0.6 is 0 Å². The lowest BCUT2D eigenvalue weighted by Crippen LogP contribution is -2.21. The third kappa shape index (κ3) is 3.75. The van der Waals surface area contributed by atoms with Gasteiger partial charge in [0.05, 0.1) is 19.4 Å². The maximum absolute atomic E-state index is 14.5. The van der Waals surface area contributed by atoms with E-state index in [-0.39, 0.29) is 17.3 Å². The van der Waals surface area contributed by atoms with Crippen LogP contribution in [0.4, 0.5) is 4.39 Å². The molecule has 1 atom stereocenters. The number of hydrogen-bond acceptors (Lipinski definition) is 3. The maximum Gasteiger partial charge on any atom is 0.213 e. The molecule has 1 aromatic carbocycles. The van der Waals surface area contributed by atoms with Gasteiger partial charge in [0.1, 0.15) is 5.82 Å². The molecule has 0 amide bonds. The zero-order chi connectivity index (χ0) is 17.9. The van der Waals surface area contributed by atoms with Gasteiger partial charge in [0.2, 0.25) is 5.88 Å². The molecule has 0 saturated carbocycles. The number of benzene rings is 1. The highest BCUT2D eigenvalue weighted by atomic mass is 19.1. The van der Waals surface area contributed by atoms with Gasteiger partial charge in [0.25, 0.3) is 0 Å². The minimum atomic E-state index is -0.370. The number of hydrogen-bond donors (Lipinski definition) is 0. The van der Waals surface area contributed by atoms with Gasteiger partial charge in [-0.15, -0.1) is 0 Å². The van der Waals surface area contributed by atoms with Gasteiger partial charge in [0, 0.05) is 18.7 Å². The van der Waals surface area contributed by atoms with Crippen LogP contribution in [0.3, 0.4) is 0 Å². The van der Waals surface area contributed by atoms with E-state index >= 15 is 0 Å². The Hall–Kier alpha value is -1.94. The fourth-order valence-electron chi connectivity index (χ4n) is 2.98. The predicted molar refractivity (Wildman–Crippen MR) is 94.8 cm³/mol. The molecular formula is C20H26FNO2. The quantitative estimate of drug-likeness (QED) is 0.755. The summed E-state index contributed by atoms with van der Waals surface area (Å²) in [5, 5.41) is 0. The van der Waals surface area contributed by atoms with Crippen molar-refractivity contribution >= 4 is 0 Å². The second kappa shape index (κ2) is 7.31. The summed E-state index contributed by atoms with van der Waals surface area (Å²) in [7, 11) is 3.22. The van der Waals surface area contributed by atoms with Crippen molar-refractivity contribution < 1.29 is 13.9 Å². The van der Waals surface area contributed by atoms with Crippen molar-refractivity contribution in [1.29, 1.82) is 0 Å². The van der Waals surface area contributed by atoms with E-state index < -0.39 is 0 Å². The van der Waals surface area contributed by atoms with E-state index in [0.29, 0.717) is 11.4 Å². The van der Waals surface area contributed by atoms with Crippen LogP contribution in [-0.2, 0) is 11.2 Å². The molecule has 0 spiro atoms. The molecule has 4 heteroatoms. The van der Waals surface area contributed by atoms with Gasteiger partial charge in [-0.3, -0.25) is 0 Å². The minimum Gasteiger partial charge on any atom is -0.481 e. The second-order valence-electron chi connectivity index (χ2n) is 6.96. The number of ether oxygens (including phenoxy) is 2. The molecule has 2 aromatic rings. The monoisotopic (exact) mass is 331 g/mol. The number of halogens is 1. The Morgan fingerprint density at radius 3 is 2.38 bits per heavy atom. The Kier molecular flexibility index (Phi) is 5.60. The lowest BCUT2D eigenvalue weighted by atomic mass is 9.81. The van der Waals surface area contributed by atoms with Gasteiger partial charge in [-0.05, 0) is 28.5 Å². The molecule has 0 fully saturated rings. The minimum absolute atomic E-state index is 0.122. The summed E-state index contributed by atoms with van der Waals surface area (Å²) in [6, 6.07) is 7.74. The van der Waals surface area contributed by atoms with E-state index in [1.54, 1.807) is 13.2 Å². The molecule has 0 saturated heterocycles. The first-order valence-corrected chi connectivity index (χ1v) is 8.17. The van der Waals surface area contributed by atoms with Crippen molar-refractivity contribution in [2.45, 2.75) is 40.2 Å². The van der Waals surface area contributed by atoms with E-state index in [0.717, 1.165) is 17.5 Å². The van der Waals surface area contributed by atoms with Crippen LogP contribution < -0.4 is 4.74 Å². The molecule has 2 rings (SSSR count). The molecule has 0 aliphatic heterocycles. The van der Waals surface area contributed by atoms with E-state index in [1.807, 2.05) is 12.1 Å². The SMILES string of the molecule is CCc1ccc(-c2cc(OC)ncc2F)c(C(OC)C(C)(C)C)c1. The normalized spacial score (nSPS) is 13.0. The number of nitrogens with zero attached hydrogens (tertiary/aromatic N) is 1. The molecular weight excluding hydrogens is 305 g/mol. The van der Waals surface area contributed by atoms with E-state index in [2.05, 4.69) is 38.7 Å². The van der Waals surface area contributed by atoms with Crippen molar-refractivity contribution in [3.8, 4) is 17.0 Å². The van der Waals surface area contributed by atoms with Gasteiger partial charge in [-0.25, -0.2) is 9.37 Å². The molecule has 0 radical (unpaired) electrons. The highest BCUT2D eigenvalue weighted by Gasteiger charge is 2.29. The van der Waals surface area contributed by atoms with Gasteiger partial charge in [0.15, 0.2) is 0 Å². The summed E-state index contributed by atoms with van der Waals surface area (Å²) in [4.78, 5) is 3.93. The third-order valence-electron chi connectivity index (χ3n) is 4.16. The molecule has 1 aromatic heterocycles. The Morgan fingerprint density at radius 1 is 1.12 bits per heavy atom. The van der Waals surface area contributed by atoms with Crippen LogP contribution in [0.15, 0.2) is 30.5 Å². The standard InChI is InChI=1S/C20H26FNO2/c1-7-13-8-9-14(15-11-18(23-5)22-12-17(15)21)16(10-13)19(24-6)20(2,3)4/h8-12,19H,7H2,1-6H3. The summed E-state index contributed by atoms with van der Waals surface area (Å²) < 4.78 is 25.4. The average Bonchev–Trinajstić information content (AvgIpc) is 2.55. The van der Waals surface area contributed by atoms with Gasteiger partial charge < -0.3 is 9.47 Å². The fraction of sp³-hybridized carbons (Fsp3) is 0.450. The fourth-order valence-corrected chi connectivity index (χ4v) is 2.98. The van der Waals surface area contributed by atoms with Crippen LogP contribution in [0.1, 0.15) is 44.9 Å². The Bertz CT molecular complexity index is 707. The number of aryl methyl sites for hydroxylation is 1. The number of pyridine rings is 1. The number of aromatic nitrogens is 1. The van der Waals surface area contributed by atoms with Crippen LogP contribution in [0, 0.1) is 11.2 Å². The lowest BCUT2D eigenvalue weighted by molar-refractivity contribution is 0.0155. The Morgan fingerprint density at radius 2 is 1.83 bits per heavy atom. The highest BCUT2D eigenvalue weighted by molar-refractivity contribution is 5.70. The first-order valence-electron chi connectivity index (χ1n) is 8.17. The first kappa shape index (κ1) is 18.4. The van der Waals surface area contributed by atoms with Crippen LogP contribution in [-0.4, -0.2) is 19.2 Å². The highest BCUT2D eigenvalue weighted by Crippen LogP contribution is 2.41. The van der Waals surface area contributed by atoms with E-state index in [4.69, 9.17) is 9.47 Å². The first-order chi connectivity index (χ1) is 11.3. The summed E-state index contributed by atoms with van der Waals surface area (Å²) in [5.74, 6) is 0.0201. The van der Waals surface area contributed by atoms with Crippen molar-refractivity contribution in [3.05, 3.63) is 47.4 Å². The zero-order valence-corrected chi connectivity index (χ0v) is 15.3. The van der Waals surface area contributed by atoms with Crippen LogP contribution in [0.5, 0.6) is 5.88 Å². The lowest BCUT2D eigenvalue weighted by Gasteiger charge is -2.31. The maximum atomic E-state index is 14.5. The van der Waals surface area contributed by atoms with E-state index in [9.17, 15) is 4.39 Å². The van der Waals surface area contributed by atoms with Crippen molar-refractivity contribution in [2.75, 3.05) is 14.2 Å². The Balaban J connectivity index is 2.70. The predicted octanol–water partition coefficient (Wildman–Crippen LogP) is 5.19. The summed E-state index contributed by atoms with van der Waals surface area (Å²) in [6.45, 7) is 8.46. The molecule has 24 heavy (non-hydrogen) atoms. The molecule has 1 unspecified atom stereocenters. The summed E-state index contributed by atoms with van der Waals surface area (Å²) in [5.41, 5.74) is 3.35. The van der Waals surface area contributed by atoms with Crippen molar-refractivity contribution in [1.82, 2.24) is 4.98 Å². The van der Waals surface area contributed by atoms with Gasteiger partial charge in [-0.1, -0.05) is 45.9 Å². The number of methoxy groups -OCH3 is 2. The van der Waals surface area contributed by atoms with Crippen molar-refractivity contribution in [2.24, 2.45) is 5.41 Å². The molecule has 0 aliphatic rings. The zero-order valence-electron chi connectivity index (χ0n) is 15.3. The summed E-state index contributed by atoms with van der Waals surface area (Å²) in [6.07, 6.45) is 1.96. The molecule has 3 nitrogen and oxygen atoms in total. The topological polar surface area (TPSA) is 31.4 Å². The number of rotatable bonds is 5. The smallest absolute Gasteiger partial charge is 0.213 e.